The van der Waals surface area contributed by atoms with E-state index in [9.17, 15) is 4.79 Å². The number of nitrogens with zero attached hydrogens (tertiary/aromatic N) is 1. The minimum atomic E-state index is -0.303. The Morgan fingerprint density at radius 1 is 1.22 bits per heavy atom. The smallest absolute Gasteiger partial charge is 0.264 e. The van der Waals surface area contributed by atoms with Gasteiger partial charge < -0.3 is 9.47 Å². The minimum absolute atomic E-state index is 0.142. The lowest BCUT2D eigenvalue weighted by molar-refractivity contribution is -0.118. The van der Waals surface area contributed by atoms with Gasteiger partial charge >= 0.3 is 0 Å². The van der Waals surface area contributed by atoms with Crippen LogP contribution in [0.5, 0.6) is 11.5 Å². The number of hydrogen-bond donors (Lipinski definition) is 1. The van der Waals surface area contributed by atoms with Gasteiger partial charge in [-0.3, -0.25) is 10.1 Å². The van der Waals surface area contributed by atoms with E-state index in [1.165, 1.54) is 11.3 Å². The summed E-state index contributed by atoms with van der Waals surface area (Å²) in [5, 5.41) is 3.68. The van der Waals surface area contributed by atoms with Gasteiger partial charge in [0.15, 0.2) is 11.7 Å². The highest BCUT2D eigenvalue weighted by Gasteiger charge is 2.11. The number of methoxy groups -OCH3 is 1. The number of ether oxygens (including phenoxy) is 2. The summed E-state index contributed by atoms with van der Waals surface area (Å²) in [5.41, 5.74) is 0.724. The maximum absolute atomic E-state index is 12.0. The van der Waals surface area contributed by atoms with E-state index in [0.717, 1.165) is 10.2 Å². The molecule has 118 valence electrons. The molecule has 0 saturated carbocycles. The number of carbonyl (C=O) groups is 1. The minimum Gasteiger partial charge on any atom is -0.494 e. The molecule has 3 rings (SSSR count). The quantitative estimate of drug-likeness (QED) is 0.757. The van der Waals surface area contributed by atoms with Crippen LogP contribution in [0, 0.1) is 0 Å². The maximum Gasteiger partial charge on any atom is 0.264 e. The molecule has 0 aliphatic carbocycles. The number of para-hydroxylation sites is 2. The Hall–Kier alpha value is -2.31. The Bertz CT molecular complexity index is 850. The molecular formula is C16H13ClN2O3S. The molecule has 5 nitrogen and oxygen atoms in total. The Kier molecular flexibility index (Phi) is 4.64. The highest BCUT2D eigenvalue weighted by atomic mass is 35.5. The fourth-order valence-electron chi connectivity index (χ4n) is 2.00. The molecule has 2 aromatic carbocycles. The number of nitrogens with one attached hydrogen (secondary N) is 1. The Morgan fingerprint density at radius 2 is 2.00 bits per heavy atom. The first kappa shape index (κ1) is 15.6. The van der Waals surface area contributed by atoms with Gasteiger partial charge in [-0.2, -0.15) is 0 Å². The molecule has 23 heavy (non-hydrogen) atoms. The number of rotatable bonds is 5. The van der Waals surface area contributed by atoms with Crippen molar-refractivity contribution < 1.29 is 14.3 Å². The topological polar surface area (TPSA) is 60.5 Å². The zero-order chi connectivity index (χ0) is 16.2. The van der Waals surface area contributed by atoms with E-state index in [4.69, 9.17) is 21.1 Å². The van der Waals surface area contributed by atoms with Crippen LogP contribution in [0.15, 0.2) is 42.5 Å². The van der Waals surface area contributed by atoms with Crippen LogP contribution in [-0.4, -0.2) is 24.6 Å². The first-order chi connectivity index (χ1) is 11.2. The number of amides is 1. The maximum atomic E-state index is 12.0. The predicted octanol–water partition coefficient (Wildman–Crippen LogP) is 3.98. The van der Waals surface area contributed by atoms with E-state index >= 15 is 0 Å². The molecule has 0 saturated heterocycles. The summed E-state index contributed by atoms with van der Waals surface area (Å²) in [6.07, 6.45) is 0. The zero-order valence-corrected chi connectivity index (χ0v) is 13.8. The fourth-order valence-corrected chi connectivity index (χ4v) is 3.09. The SMILES string of the molecule is COc1cccc2sc(NC(=O)COc3ccccc3Cl)nc12. The van der Waals surface area contributed by atoms with E-state index in [2.05, 4.69) is 10.3 Å². The average Bonchev–Trinajstić information content (AvgIpc) is 2.96. The van der Waals surface area contributed by atoms with Gasteiger partial charge in [0.1, 0.15) is 17.0 Å². The van der Waals surface area contributed by atoms with Gasteiger partial charge in [-0.05, 0) is 24.3 Å². The second kappa shape index (κ2) is 6.85. The van der Waals surface area contributed by atoms with E-state index in [-0.39, 0.29) is 12.5 Å². The van der Waals surface area contributed by atoms with E-state index in [1.54, 1.807) is 31.4 Å². The first-order valence-electron chi connectivity index (χ1n) is 6.78. The molecular weight excluding hydrogens is 336 g/mol. The van der Waals surface area contributed by atoms with E-state index in [1.807, 2.05) is 18.2 Å². The van der Waals surface area contributed by atoms with Crippen molar-refractivity contribution in [1.29, 1.82) is 0 Å². The van der Waals surface area contributed by atoms with Crippen LogP contribution in [0.3, 0.4) is 0 Å². The van der Waals surface area contributed by atoms with Crippen molar-refractivity contribution in [2.24, 2.45) is 0 Å². The van der Waals surface area contributed by atoms with Gasteiger partial charge in [0.05, 0.1) is 16.8 Å². The monoisotopic (exact) mass is 348 g/mol. The first-order valence-corrected chi connectivity index (χ1v) is 7.97. The zero-order valence-electron chi connectivity index (χ0n) is 12.2. The third-order valence-electron chi connectivity index (χ3n) is 3.04. The van der Waals surface area contributed by atoms with Gasteiger partial charge in [-0.15, -0.1) is 0 Å². The lowest BCUT2D eigenvalue weighted by Crippen LogP contribution is -2.20. The molecule has 1 heterocycles. The summed E-state index contributed by atoms with van der Waals surface area (Å²) in [6.45, 7) is -0.142. The predicted molar refractivity (Wildman–Crippen MR) is 91.7 cm³/mol. The van der Waals surface area contributed by atoms with Gasteiger partial charge in [0.25, 0.3) is 5.91 Å². The molecule has 3 aromatic rings. The molecule has 0 atom stereocenters. The van der Waals surface area contributed by atoms with Crippen LogP contribution in [0.25, 0.3) is 10.2 Å². The lowest BCUT2D eigenvalue weighted by atomic mass is 10.3. The van der Waals surface area contributed by atoms with Crippen LogP contribution in [0.1, 0.15) is 0 Å². The summed E-state index contributed by atoms with van der Waals surface area (Å²) in [6, 6.07) is 12.6. The largest absolute Gasteiger partial charge is 0.494 e. The molecule has 0 aliphatic rings. The Balaban J connectivity index is 1.67. The van der Waals surface area contributed by atoms with Crippen molar-refractivity contribution in [1.82, 2.24) is 4.98 Å². The second-order valence-corrected chi connectivity index (χ2v) is 6.03. The number of aromatic nitrogens is 1. The molecule has 0 bridgehead atoms. The third kappa shape index (κ3) is 3.55. The number of hydrogen-bond acceptors (Lipinski definition) is 5. The number of thiazole rings is 1. The molecule has 0 radical (unpaired) electrons. The van der Waals surface area contributed by atoms with Crippen molar-refractivity contribution in [3.05, 3.63) is 47.5 Å². The highest BCUT2D eigenvalue weighted by molar-refractivity contribution is 7.22. The Morgan fingerprint density at radius 3 is 2.78 bits per heavy atom. The van der Waals surface area contributed by atoms with Crippen LogP contribution >= 0.6 is 22.9 Å². The van der Waals surface area contributed by atoms with Gasteiger partial charge in [-0.1, -0.05) is 41.1 Å². The molecule has 7 heteroatoms. The number of benzene rings is 2. The average molecular weight is 349 g/mol. The van der Waals surface area contributed by atoms with E-state index in [0.29, 0.717) is 21.7 Å². The molecule has 0 spiro atoms. The molecule has 1 aromatic heterocycles. The molecule has 0 aliphatic heterocycles. The summed E-state index contributed by atoms with van der Waals surface area (Å²) < 4.78 is 11.6. The summed E-state index contributed by atoms with van der Waals surface area (Å²) >= 11 is 7.35. The van der Waals surface area contributed by atoms with Gasteiger partial charge in [0, 0.05) is 0 Å². The molecule has 0 unspecified atom stereocenters. The lowest BCUT2D eigenvalue weighted by Gasteiger charge is -2.06. The summed E-state index contributed by atoms with van der Waals surface area (Å²) in [4.78, 5) is 16.4. The standard InChI is InChI=1S/C16H13ClN2O3S/c1-21-12-7-4-8-13-15(12)19-16(23-13)18-14(20)9-22-11-6-3-2-5-10(11)17/h2-8H,9H2,1H3,(H,18,19,20). The van der Waals surface area contributed by atoms with Crippen LogP contribution in [0.2, 0.25) is 5.02 Å². The van der Waals surface area contributed by atoms with Crippen molar-refractivity contribution in [3.63, 3.8) is 0 Å². The second-order valence-electron chi connectivity index (χ2n) is 4.59. The van der Waals surface area contributed by atoms with E-state index < -0.39 is 0 Å². The van der Waals surface area contributed by atoms with Crippen molar-refractivity contribution in [2.75, 3.05) is 19.0 Å². The van der Waals surface area contributed by atoms with Gasteiger partial charge in [0.2, 0.25) is 0 Å². The molecule has 1 amide bonds. The number of anilines is 1. The summed E-state index contributed by atoms with van der Waals surface area (Å²) in [7, 11) is 1.59. The Labute approximate surface area is 141 Å². The van der Waals surface area contributed by atoms with Crippen molar-refractivity contribution in [2.45, 2.75) is 0 Å². The van der Waals surface area contributed by atoms with Crippen LogP contribution in [0.4, 0.5) is 5.13 Å². The van der Waals surface area contributed by atoms with Crippen molar-refractivity contribution in [3.8, 4) is 11.5 Å². The van der Waals surface area contributed by atoms with Crippen molar-refractivity contribution >= 4 is 44.2 Å². The van der Waals surface area contributed by atoms with Crippen LogP contribution < -0.4 is 14.8 Å². The number of fused-ring (bicyclic) bond motifs is 1. The van der Waals surface area contributed by atoms with Crippen LogP contribution in [-0.2, 0) is 4.79 Å². The fraction of sp³-hybridized carbons (Fsp3) is 0.125. The molecule has 0 fully saturated rings. The summed E-state index contributed by atoms with van der Waals surface area (Å²) in [5.74, 6) is 0.838. The normalized spacial score (nSPS) is 10.5. The van der Waals surface area contributed by atoms with Gasteiger partial charge in [-0.25, -0.2) is 4.98 Å². The molecule has 1 N–H and O–H groups in total. The third-order valence-corrected chi connectivity index (χ3v) is 4.29. The number of halogens is 1. The number of carbonyl (C=O) groups excluding carboxylic acids is 1. The highest BCUT2D eigenvalue weighted by Crippen LogP contribution is 2.32.